The minimum Gasteiger partial charge on any atom is -0.481 e. The Morgan fingerprint density at radius 3 is 2.68 bits per heavy atom. The summed E-state index contributed by atoms with van der Waals surface area (Å²) in [6.45, 7) is 2.33. The van der Waals surface area contributed by atoms with Gasteiger partial charge in [-0.2, -0.15) is 0 Å². The second-order valence-electron chi connectivity index (χ2n) is 4.99. The summed E-state index contributed by atoms with van der Waals surface area (Å²) >= 11 is 0. The minimum absolute atomic E-state index is 0.0222. The standard InChI is InChI=1S/C13H24N2O4/c1-19-11(8-13(17)18)9-15-12(16)3-2-10-4-6-14-7-5-10/h10-11,14H,2-9H2,1H3,(H,15,16)(H,17,18). The highest BCUT2D eigenvalue weighted by molar-refractivity contribution is 5.76. The molecule has 3 N–H and O–H groups in total. The number of carboxylic acids is 1. The molecule has 1 fully saturated rings. The van der Waals surface area contributed by atoms with Crippen LogP contribution in [-0.2, 0) is 14.3 Å². The fourth-order valence-corrected chi connectivity index (χ4v) is 2.26. The Kier molecular flexibility index (Phi) is 7.43. The van der Waals surface area contributed by atoms with Gasteiger partial charge in [-0.3, -0.25) is 9.59 Å². The summed E-state index contributed by atoms with van der Waals surface area (Å²) < 4.78 is 5.00. The molecule has 0 radical (unpaired) electrons. The predicted molar refractivity (Wildman–Crippen MR) is 70.9 cm³/mol. The van der Waals surface area contributed by atoms with Gasteiger partial charge in [0.05, 0.1) is 12.5 Å². The summed E-state index contributed by atoms with van der Waals surface area (Å²) in [5.74, 6) is -0.314. The van der Waals surface area contributed by atoms with Crippen LogP contribution in [0.4, 0.5) is 0 Å². The van der Waals surface area contributed by atoms with E-state index in [0.29, 0.717) is 12.3 Å². The minimum atomic E-state index is -0.921. The van der Waals surface area contributed by atoms with Crippen LogP contribution in [0.15, 0.2) is 0 Å². The van der Waals surface area contributed by atoms with Crippen molar-refractivity contribution in [2.45, 2.75) is 38.2 Å². The van der Waals surface area contributed by atoms with Crippen molar-refractivity contribution in [3.63, 3.8) is 0 Å². The number of carbonyl (C=O) groups is 2. The summed E-state index contributed by atoms with van der Waals surface area (Å²) in [7, 11) is 1.45. The number of aliphatic carboxylic acids is 1. The number of piperidine rings is 1. The SMILES string of the molecule is COC(CNC(=O)CCC1CCNCC1)CC(=O)O. The number of rotatable bonds is 8. The second kappa shape index (κ2) is 8.87. The summed E-state index contributed by atoms with van der Waals surface area (Å²) in [5, 5.41) is 14.7. The highest BCUT2D eigenvalue weighted by atomic mass is 16.5. The highest BCUT2D eigenvalue weighted by Crippen LogP contribution is 2.17. The lowest BCUT2D eigenvalue weighted by Gasteiger charge is -2.22. The maximum absolute atomic E-state index is 11.7. The lowest BCUT2D eigenvalue weighted by atomic mass is 9.93. The number of amides is 1. The summed E-state index contributed by atoms with van der Waals surface area (Å²) in [5.41, 5.74) is 0. The second-order valence-corrected chi connectivity index (χ2v) is 4.99. The van der Waals surface area contributed by atoms with Crippen molar-refractivity contribution in [1.29, 1.82) is 0 Å². The quantitative estimate of drug-likeness (QED) is 0.594. The van der Waals surface area contributed by atoms with E-state index >= 15 is 0 Å². The predicted octanol–water partition coefficient (Wildman–Crippen LogP) is 0.372. The van der Waals surface area contributed by atoms with Gasteiger partial charge in [-0.05, 0) is 38.3 Å². The number of ether oxygens (including phenoxy) is 1. The molecule has 19 heavy (non-hydrogen) atoms. The fraction of sp³-hybridized carbons (Fsp3) is 0.846. The van der Waals surface area contributed by atoms with Crippen LogP contribution in [0.25, 0.3) is 0 Å². The molecule has 1 heterocycles. The zero-order valence-corrected chi connectivity index (χ0v) is 11.5. The molecule has 1 saturated heterocycles. The van der Waals surface area contributed by atoms with Gasteiger partial charge in [0.2, 0.25) is 5.91 Å². The molecule has 0 aromatic carbocycles. The number of nitrogens with one attached hydrogen (secondary N) is 2. The lowest BCUT2D eigenvalue weighted by molar-refractivity contribution is -0.140. The molecule has 0 aromatic rings. The van der Waals surface area contributed by atoms with Crippen molar-refractivity contribution in [2.24, 2.45) is 5.92 Å². The van der Waals surface area contributed by atoms with Crippen molar-refractivity contribution >= 4 is 11.9 Å². The third kappa shape index (κ3) is 7.12. The zero-order valence-electron chi connectivity index (χ0n) is 11.5. The largest absolute Gasteiger partial charge is 0.481 e. The van der Waals surface area contributed by atoms with Crippen LogP contribution in [0.1, 0.15) is 32.1 Å². The normalized spacial score (nSPS) is 17.9. The van der Waals surface area contributed by atoms with E-state index < -0.39 is 12.1 Å². The number of hydrogen-bond acceptors (Lipinski definition) is 4. The molecular weight excluding hydrogens is 248 g/mol. The van der Waals surface area contributed by atoms with Crippen LogP contribution in [0.2, 0.25) is 0 Å². The first-order valence-corrected chi connectivity index (χ1v) is 6.83. The highest BCUT2D eigenvalue weighted by Gasteiger charge is 2.16. The molecule has 0 aliphatic carbocycles. The summed E-state index contributed by atoms with van der Waals surface area (Å²) in [6.07, 6.45) is 3.13. The Morgan fingerprint density at radius 1 is 1.42 bits per heavy atom. The van der Waals surface area contributed by atoms with Crippen molar-refractivity contribution < 1.29 is 19.4 Å². The van der Waals surface area contributed by atoms with Crippen LogP contribution < -0.4 is 10.6 Å². The molecule has 0 saturated carbocycles. The molecule has 1 rings (SSSR count). The van der Waals surface area contributed by atoms with E-state index in [1.54, 1.807) is 0 Å². The number of methoxy groups -OCH3 is 1. The molecule has 6 nitrogen and oxygen atoms in total. The molecule has 1 amide bonds. The van der Waals surface area contributed by atoms with Crippen LogP contribution in [0.3, 0.4) is 0 Å². The van der Waals surface area contributed by atoms with Gasteiger partial charge in [0.15, 0.2) is 0 Å². The Hall–Kier alpha value is -1.14. The van der Waals surface area contributed by atoms with E-state index in [9.17, 15) is 9.59 Å². The maximum Gasteiger partial charge on any atom is 0.306 e. The molecule has 1 aliphatic heterocycles. The van der Waals surface area contributed by atoms with E-state index in [1.807, 2.05) is 0 Å². The van der Waals surface area contributed by atoms with Crippen molar-refractivity contribution in [2.75, 3.05) is 26.7 Å². The third-order valence-electron chi connectivity index (χ3n) is 3.50. The Balaban J connectivity index is 2.13. The van der Waals surface area contributed by atoms with Crippen molar-refractivity contribution in [3.05, 3.63) is 0 Å². The van der Waals surface area contributed by atoms with Gasteiger partial charge in [-0.25, -0.2) is 0 Å². The van der Waals surface area contributed by atoms with Crippen LogP contribution in [-0.4, -0.2) is 49.8 Å². The first-order chi connectivity index (χ1) is 9.11. The van der Waals surface area contributed by atoms with Gasteiger partial charge in [-0.1, -0.05) is 0 Å². The zero-order chi connectivity index (χ0) is 14.1. The van der Waals surface area contributed by atoms with E-state index in [-0.39, 0.29) is 18.9 Å². The van der Waals surface area contributed by atoms with E-state index in [4.69, 9.17) is 9.84 Å². The molecule has 0 spiro atoms. The molecule has 0 bridgehead atoms. The molecule has 6 heteroatoms. The number of carbonyl (C=O) groups excluding carboxylic acids is 1. The van der Waals surface area contributed by atoms with E-state index in [1.165, 1.54) is 7.11 Å². The Labute approximate surface area is 113 Å². The Bertz CT molecular complexity index is 290. The third-order valence-corrected chi connectivity index (χ3v) is 3.50. The van der Waals surface area contributed by atoms with Crippen LogP contribution in [0.5, 0.6) is 0 Å². The van der Waals surface area contributed by atoms with Crippen molar-refractivity contribution in [3.8, 4) is 0 Å². The average molecular weight is 272 g/mol. The van der Waals surface area contributed by atoms with Gasteiger partial charge in [0.1, 0.15) is 0 Å². The van der Waals surface area contributed by atoms with Crippen LogP contribution in [0, 0.1) is 5.92 Å². The first kappa shape index (κ1) is 15.9. The molecule has 0 aromatic heterocycles. The van der Waals surface area contributed by atoms with E-state index in [2.05, 4.69) is 10.6 Å². The van der Waals surface area contributed by atoms with Gasteiger partial charge in [0, 0.05) is 20.1 Å². The smallest absolute Gasteiger partial charge is 0.306 e. The lowest BCUT2D eigenvalue weighted by Crippen LogP contribution is -2.35. The molecule has 1 unspecified atom stereocenters. The number of hydrogen-bond donors (Lipinski definition) is 3. The maximum atomic E-state index is 11.7. The molecular formula is C13H24N2O4. The van der Waals surface area contributed by atoms with Gasteiger partial charge >= 0.3 is 5.97 Å². The first-order valence-electron chi connectivity index (χ1n) is 6.83. The topological polar surface area (TPSA) is 87.7 Å². The molecule has 110 valence electrons. The van der Waals surface area contributed by atoms with Gasteiger partial charge < -0.3 is 20.5 Å². The van der Waals surface area contributed by atoms with Crippen LogP contribution >= 0.6 is 0 Å². The van der Waals surface area contributed by atoms with E-state index in [0.717, 1.165) is 32.4 Å². The summed E-state index contributed by atoms with van der Waals surface area (Å²) in [6, 6.07) is 0. The monoisotopic (exact) mass is 272 g/mol. The Morgan fingerprint density at radius 2 is 2.11 bits per heavy atom. The van der Waals surface area contributed by atoms with Gasteiger partial charge in [0.25, 0.3) is 0 Å². The number of carboxylic acid groups (broad SMARTS) is 1. The average Bonchev–Trinajstić information content (AvgIpc) is 2.42. The van der Waals surface area contributed by atoms with Gasteiger partial charge in [-0.15, -0.1) is 0 Å². The summed E-state index contributed by atoms with van der Waals surface area (Å²) in [4.78, 5) is 22.2. The van der Waals surface area contributed by atoms with Crippen molar-refractivity contribution in [1.82, 2.24) is 10.6 Å². The molecule has 1 aliphatic rings. The molecule has 1 atom stereocenters. The fourth-order valence-electron chi connectivity index (χ4n) is 2.26.